The van der Waals surface area contributed by atoms with Crippen LogP contribution in [0.5, 0.6) is 11.5 Å². The van der Waals surface area contributed by atoms with E-state index in [0.717, 1.165) is 18.6 Å². The molecule has 7 heteroatoms. The molecule has 1 saturated heterocycles. The number of rotatable bonds is 6. The first-order valence-electron chi connectivity index (χ1n) is 8.59. The van der Waals surface area contributed by atoms with Crippen molar-refractivity contribution >= 4 is 5.91 Å². The number of aromatic nitrogens is 2. The smallest absolute Gasteiger partial charge is 0.260 e. The number of aryl methyl sites for hydroxylation is 1. The van der Waals surface area contributed by atoms with Gasteiger partial charge in [0.15, 0.2) is 12.4 Å². The van der Waals surface area contributed by atoms with Crippen molar-refractivity contribution in [1.82, 2.24) is 15.0 Å². The molecule has 2 heterocycles. The highest BCUT2D eigenvalue weighted by atomic mass is 16.5. The molecule has 0 atom stereocenters. The lowest BCUT2D eigenvalue weighted by Crippen LogP contribution is -2.40. The molecule has 2 aromatic rings. The van der Waals surface area contributed by atoms with Crippen LogP contribution in [-0.4, -0.2) is 47.3 Å². The zero-order chi connectivity index (χ0) is 17.6. The van der Waals surface area contributed by atoms with Gasteiger partial charge in [0.2, 0.25) is 5.89 Å². The Balaban J connectivity index is 1.44. The van der Waals surface area contributed by atoms with Crippen molar-refractivity contribution in [2.24, 2.45) is 0 Å². The molecular formula is C18H23N3O4. The fourth-order valence-electron chi connectivity index (χ4n) is 2.89. The summed E-state index contributed by atoms with van der Waals surface area (Å²) >= 11 is 0. The predicted molar refractivity (Wildman–Crippen MR) is 90.7 cm³/mol. The Bertz CT molecular complexity index is 691. The monoisotopic (exact) mass is 345 g/mol. The maximum absolute atomic E-state index is 12.3. The van der Waals surface area contributed by atoms with E-state index in [-0.39, 0.29) is 18.4 Å². The molecule has 3 rings (SSSR count). The van der Waals surface area contributed by atoms with Crippen LogP contribution in [0.4, 0.5) is 0 Å². The van der Waals surface area contributed by atoms with E-state index in [4.69, 9.17) is 14.0 Å². The van der Waals surface area contributed by atoms with Gasteiger partial charge in [0.1, 0.15) is 11.5 Å². The lowest BCUT2D eigenvalue weighted by atomic mass is 9.97. The van der Waals surface area contributed by atoms with E-state index in [1.54, 1.807) is 0 Å². The topological polar surface area (TPSA) is 77.7 Å². The van der Waals surface area contributed by atoms with E-state index in [2.05, 4.69) is 10.1 Å². The van der Waals surface area contributed by atoms with E-state index in [0.29, 0.717) is 37.2 Å². The molecule has 1 aromatic heterocycles. The molecule has 0 spiro atoms. The summed E-state index contributed by atoms with van der Waals surface area (Å²) in [4.78, 5) is 18.4. The first-order valence-corrected chi connectivity index (χ1v) is 8.59. The van der Waals surface area contributed by atoms with Crippen molar-refractivity contribution in [2.45, 2.75) is 32.6 Å². The number of carbonyl (C=O) groups is 1. The summed E-state index contributed by atoms with van der Waals surface area (Å²) in [6, 6.07) is 7.28. The number of hydrogen-bond acceptors (Lipinski definition) is 6. The number of ether oxygens (including phenoxy) is 2. The third-order valence-corrected chi connectivity index (χ3v) is 4.24. The molecule has 1 fully saturated rings. The van der Waals surface area contributed by atoms with Gasteiger partial charge in [-0.15, -0.1) is 0 Å². The molecule has 1 aliphatic rings. The van der Waals surface area contributed by atoms with Crippen LogP contribution in [0.15, 0.2) is 28.8 Å². The molecule has 0 bridgehead atoms. The van der Waals surface area contributed by atoms with Crippen molar-refractivity contribution < 1.29 is 18.8 Å². The highest BCUT2D eigenvalue weighted by Gasteiger charge is 2.27. The lowest BCUT2D eigenvalue weighted by Gasteiger charge is -2.30. The third kappa shape index (κ3) is 4.49. The van der Waals surface area contributed by atoms with E-state index in [1.165, 1.54) is 0 Å². The van der Waals surface area contributed by atoms with Gasteiger partial charge < -0.3 is 18.9 Å². The Morgan fingerprint density at radius 1 is 1.20 bits per heavy atom. The van der Waals surface area contributed by atoms with Crippen molar-refractivity contribution in [3.8, 4) is 11.5 Å². The van der Waals surface area contributed by atoms with Crippen molar-refractivity contribution in [1.29, 1.82) is 0 Å². The minimum atomic E-state index is -0.00551. The average molecular weight is 345 g/mol. The average Bonchev–Trinajstić information content (AvgIpc) is 3.08. The van der Waals surface area contributed by atoms with Crippen LogP contribution in [0.1, 0.15) is 37.4 Å². The van der Waals surface area contributed by atoms with Crippen LogP contribution in [0.3, 0.4) is 0 Å². The SMILES string of the molecule is CCOc1ccc(OCC(=O)N2CCC(c3nc(C)no3)CC2)cc1. The molecule has 0 unspecified atom stereocenters. The first kappa shape index (κ1) is 17.3. The number of hydrogen-bond donors (Lipinski definition) is 0. The number of carbonyl (C=O) groups excluding carboxylic acids is 1. The van der Waals surface area contributed by atoms with E-state index in [1.807, 2.05) is 43.0 Å². The zero-order valence-corrected chi connectivity index (χ0v) is 14.6. The van der Waals surface area contributed by atoms with Crippen molar-refractivity contribution in [3.05, 3.63) is 36.0 Å². The summed E-state index contributed by atoms with van der Waals surface area (Å²) in [6.07, 6.45) is 1.66. The standard InChI is InChI=1S/C18H23N3O4/c1-3-23-15-4-6-16(7-5-15)24-12-17(22)21-10-8-14(9-11-21)18-19-13(2)20-25-18/h4-7,14H,3,8-12H2,1-2H3. The van der Waals surface area contributed by atoms with Gasteiger partial charge in [-0.1, -0.05) is 5.16 Å². The Morgan fingerprint density at radius 2 is 1.84 bits per heavy atom. The molecule has 1 aliphatic heterocycles. The molecule has 1 aromatic carbocycles. The van der Waals surface area contributed by atoms with Crippen LogP contribution in [0.25, 0.3) is 0 Å². The zero-order valence-electron chi connectivity index (χ0n) is 14.6. The fraction of sp³-hybridized carbons (Fsp3) is 0.500. The van der Waals surface area contributed by atoms with Gasteiger partial charge in [0.05, 0.1) is 6.61 Å². The molecule has 0 radical (unpaired) electrons. The van der Waals surface area contributed by atoms with Crippen LogP contribution < -0.4 is 9.47 Å². The van der Waals surface area contributed by atoms with Crippen molar-refractivity contribution in [2.75, 3.05) is 26.3 Å². The highest BCUT2D eigenvalue weighted by molar-refractivity contribution is 5.77. The predicted octanol–water partition coefficient (Wildman–Crippen LogP) is 2.56. The molecule has 7 nitrogen and oxygen atoms in total. The number of benzene rings is 1. The van der Waals surface area contributed by atoms with E-state index in [9.17, 15) is 4.79 Å². The maximum Gasteiger partial charge on any atom is 0.260 e. The Labute approximate surface area is 146 Å². The third-order valence-electron chi connectivity index (χ3n) is 4.24. The molecule has 0 aliphatic carbocycles. The van der Waals surface area contributed by atoms with Gasteiger partial charge >= 0.3 is 0 Å². The summed E-state index contributed by atoms with van der Waals surface area (Å²) in [6.45, 7) is 5.76. The van der Waals surface area contributed by atoms with Crippen LogP contribution in [0.2, 0.25) is 0 Å². The van der Waals surface area contributed by atoms with Crippen LogP contribution in [-0.2, 0) is 4.79 Å². The largest absolute Gasteiger partial charge is 0.494 e. The van der Waals surface area contributed by atoms with Gasteiger partial charge in [-0.05, 0) is 51.0 Å². The second kappa shape index (κ2) is 8.00. The Kier molecular flexibility index (Phi) is 5.53. The molecular weight excluding hydrogens is 322 g/mol. The normalized spacial score (nSPS) is 15.2. The summed E-state index contributed by atoms with van der Waals surface area (Å²) in [7, 11) is 0. The quantitative estimate of drug-likeness (QED) is 0.801. The van der Waals surface area contributed by atoms with E-state index < -0.39 is 0 Å². The van der Waals surface area contributed by atoms with Gasteiger partial charge in [0.25, 0.3) is 5.91 Å². The van der Waals surface area contributed by atoms with Crippen molar-refractivity contribution in [3.63, 3.8) is 0 Å². The number of nitrogens with zero attached hydrogens (tertiary/aromatic N) is 3. The maximum atomic E-state index is 12.3. The fourth-order valence-corrected chi connectivity index (χ4v) is 2.89. The summed E-state index contributed by atoms with van der Waals surface area (Å²) < 4.78 is 16.2. The Morgan fingerprint density at radius 3 is 2.40 bits per heavy atom. The minimum absolute atomic E-state index is 0.00551. The first-order chi connectivity index (χ1) is 12.2. The second-order valence-corrected chi connectivity index (χ2v) is 6.03. The number of piperidine rings is 1. The lowest BCUT2D eigenvalue weighted by molar-refractivity contribution is -0.134. The van der Waals surface area contributed by atoms with Crippen LogP contribution >= 0.6 is 0 Å². The molecule has 134 valence electrons. The van der Waals surface area contributed by atoms with Gasteiger partial charge in [0, 0.05) is 19.0 Å². The molecule has 1 amide bonds. The second-order valence-electron chi connectivity index (χ2n) is 6.03. The highest BCUT2D eigenvalue weighted by Crippen LogP contribution is 2.26. The van der Waals surface area contributed by atoms with Crippen LogP contribution in [0, 0.1) is 6.92 Å². The molecule has 25 heavy (non-hydrogen) atoms. The van der Waals surface area contributed by atoms with Gasteiger partial charge in [-0.25, -0.2) is 0 Å². The summed E-state index contributed by atoms with van der Waals surface area (Å²) in [5, 5.41) is 3.83. The van der Waals surface area contributed by atoms with E-state index >= 15 is 0 Å². The Hall–Kier alpha value is -2.57. The van der Waals surface area contributed by atoms with Gasteiger partial charge in [-0.3, -0.25) is 4.79 Å². The summed E-state index contributed by atoms with van der Waals surface area (Å²) in [5.74, 6) is 3.01. The summed E-state index contributed by atoms with van der Waals surface area (Å²) in [5.41, 5.74) is 0. The minimum Gasteiger partial charge on any atom is -0.494 e. The number of amides is 1. The molecule has 0 saturated carbocycles. The number of likely N-dealkylation sites (tertiary alicyclic amines) is 1. The van der Waals surface area contributed by atoms with Gasteiger partial charge in [-0.2, -0.15) is 4.98 Å². The molecule has 0 N–H and O–H groups in total.